The van der Waals surface area contributed by atoms with Crippen LogP contribution in [0.2, 0.25) is 15.1 Å². The van der Waals surface area contributed by atoms with E-state index in [1.165, 1.54) is 18.2 Å². The van der Waals surface area contributed by atoms with Crippen molar-refractivity contribution in [1.29, 1.82) is 0 Å². The van der Waals surface area contributed by atoms with Crippen molar-refractivity contribution >= 4 is 46.5 Å². The van der Waals surface area contributed by atoms with E-state index in [-0.39, 0.29) is 17.4 Å². The molecule has 0 atom stereocenters. The second-order valence-corrected chi connectivity index (χ2v) is 8.24. The third-order valence-corrected chi connectivity index (χ3v) is 5.92. The average molecular weight is 490 g/mol. The number of nitrogens with one attached hydrogen (secondary N) is 1. The van der Waals surface area contributed by atoms with Gasteiger partial charge < -0.3 is 5.32 Å². The molecule has 0 aliphatic heterocycles. The maximum absolute atomic E-state index is 13.3. The lowest BCUT2D eigenvalue weighted by Gasteiger charge is -2.11. The van der Waals surface area contributed by atoms with Crippen LogP contribution in [-0.2, 0) is 18.3 Å². The molecule has 162 valence electrons. The Hall–Kier alpha value is -2.93. The molecule has 0 radical (unpaired) electrons. The van der Waals surface area contributed by atoms with Crippen molar-refractivity contribution < 1.29 is 9.18 Å². The lowest BCUT2D eigenvalue weighted by molar-refractivity contribution is -0.115. The zero-order chi connectivity index (χ0) is 22.8. The third-order valence-electron chi connectivity index (χ3n) is 4.83. The highest BCUT2D eigenvalue weighted by Gasteiger charge is 2.22. The minimum Gasteiger partial charge on any atom is -0.310 e. The first-order chi connectivity index (χ1) is 15.3. The summed E-state index contributed by atoms with van der Waals surface area (Å²) in [6.07, 6.45) is 3.29. The highest BCUT2D eigenvalue weighted by atomic mass is 35.5. The molecule has 0 fully saturated rings. The Kier molecular flexibility index (Phi) is 6.46. The molecule has 0 saturated carbocycles. The quantitative estimate of drug-likeness (QED) is 0.351. The molecule has 4 aromatic rings. The number of hydrogen-bond acceptors (Lipinski definition) is 3. The molecule has 0 spiro atoms. The Bertz CT molecular complexity index is 1310. The van der Waals surface area contributed by atoms with Crippen molar-refractivity contribution in [3.8, 4) is 22.4 Å². The Morgan fingerprint density at radius 1 is 0.969 bits per heavy atom. The standard InChI is InChI=1S/C23H16Cl3FN4O/c1-31-23(29-20(32)11-14-2-4-16(27)12-18(14)25)21(13-6-8-28-9-7-13)22(30-31)15-3-5-17(24)19(26)10-15/h2-10,12H,11H2,1H3,(H,29,32). The second-order valence-electron chi connectivity index (χ2n) is 7.02. The normalized spacial score (nSPS) is 10.9. The van der Waals surface area contributed by atoms with Gasteiger partial charge in [-0.25, -0.2) is 4.39 Å². The van der Waals surface area contributed by atoms with Crippen molar-refractivity contribution in [2.24, 2.45) is 7.05 Å². The number of rotatable bonds is 5. The van der Waals surface area contributed by atoms with E-state index >= 15 is 0 Å². The molecule has 0 unspecified atom stereocenters. The summed E-state index contributed by atoms with van der Waals surface area (Å²) in [4.78, 5) is 16.9. The van der Waals surface area contributed by atoms with Gasteiger partial charge >= 0.3 is 0 Å². The molecule has 0 bridgehead atoms. The van der Waals surface area contributed by atoms with Crippen molar-refractivity contribution in [2.45, 2.75) is 6.42 Å². The van der Waals surface area contributed by atoms with Gasteiger partial charge in [-0.15, -0.1) is 0 Å². The summed E-state index contributed by atoms with van der Waals surface area (Å²) in [5.74, 6) is -0.296. The molecule has 1 N–H and O–H groups in total. The molecular formula is C23H16Cl3FN4O. The van der Waals surface area contributed by atoms with E-state index in [0.717, 1.165) is 11.1 Å². The van der Waals surface area contributed by atoms with E-state index in [0.29, 0.717) is 32.7 Å². The van der Waals surface area contributed by atoms with Crippen LogP contribution in [0.5, 0.6) is 0 Å². The van der Waals surface area contributed by atoms with E-state index < -0.39 is 5.82 Å². The summed E-state index contributed by atoms with van der Waals surface area (Å²) in [5, 5.41) is 8.55. The topological polar surface area (TPSA) is 59.8 Å². The van der Waals surface area contributed by atoms with Gasteiger partial charge in [-0.2, -0.15) is 5.10 Å². The highest BCUT2D eigenvalue weighted by Crippen LogP contribution is 2.39. The van der Waals surface area contributed by atoms with Gasteiger partial charge in [-0.3, -0.25) is 14.5 Å². The maximum atomic E-state index is 13.3. The fourth-order valence-corrected chi connectivity index (χ4v) is 3.85. The van der Waals surface area contributed by atoms with Crippen LogP contribution in [0.1, 0.15) is 5.56 Å². The van der Waals surface area contributed by atoms with Gasteiger partial charge in [0.1, 0.15) is 17.3 Å². The summed E-state index contributed by atoms with van der Waals surface area (Å²) >= 11 is 18.4. The van der Waals surface area contributed by atoms with Crippen molar-refractivity contribution in [2.75, 3.05) is 5.32 Å². The number of amides is 1. The molecule has 5 nitrogen and oxygen atoms in total. The Balaban J connectivity index is 1.75. The summed E-state index contributed by atoms with van der Waals surface area (Å²) < 4.78 is 14.9. The van der Waals surface area contributed by atoms with Crippen LogP contribution in [-0.4, -0.2) is 20.7 Å². The SMILES string of the molecule is Cn1nc(-c2ccc(Cl)c(Cl)c2)c(-c2ccncc2)c1NC(=O)Cc1ccc(F)cc1Cl. The van der Waals surface area contributed by atoms with Gasteiger partial charge in [-0.1, -0.05) is 46.9 Å². The first-order valence-electron chi connectivity index (χ1n) is 9.50. The van der Waals surface area contributed by atoms with Crippen LogP contribution >= 0.6 is 34.8 Å². The van der Waals surface area contributed by atoms with E-state index in [1.54, 1.807) is 36.3 Å². The molecule has 2 heterocycles. The third kappa shape index (κ3) is 4.63. The first-order valence-corrected chi connectivity index (χ1v) is 10.6. The van der Waals surface area contributed by atoms with Gasteiger partial charge in [0.05, 0.1) is 22.0 Å². The van der Waals surface area contributed by atoms with E-state index in [4.69, 9.17) is 34.8 Å². The number of aromatic nitrogens is 3. The number of nitrogens with zero attached hydrogens (tertiary/aromatic N) is 3. The maximum Gasteiger partial charge on any atom is 0.230 e. The largest absolute Gasteiger partial charge is 0.310 e. The number of carbonyl (C=O) groups excluding carboxylic acids is 1. The van der Waals surface area contributed by atoms with Crippen LogP contribution in [0.3, 0.4) is 0 Å². The van der Waals surface area contributed by atoms with Crippen LogP contribution in [0, 0.1) is 5.82 Å². The van der Waals surface area contributed by atoms with Crippen LogP contribution < -0.4 is 5.32 Å². The Labute approximate surface area is 198 Å². The second kappa shape index (κ2) is 9.28. The first kappa shape index (κ1) is 22.3. The molecule has 2 aromatic carbocycles. The van der Waals surface area contributed by atoms with E-state index in [9.17, 15) is 9.18 Å². The predicted molar refractivity (Wildman–Crippen MR) is 126 cm³/mol. The highest BCUT2D eigenvalue weighted by molar-refractivity contribution is 6.42. The fraction of sp³-hybridized carbons (Fsp3) is 0.0870. The Morgan fingerprint density at radius 2 is 1.72 bits per heavy atom. The van der Waals surface area contributed by atoms with Gasteiger partial charge in [0.25, 0.3) is 0 Å². The monoisotopic (exact) mass is 488 g/mol. The minimum absolute atomic E-state index is 0.0256. The van der Waals surface area contributed by atoms with E-state index in [2.05, 4.69) is 15.4 Å². The van der Waals surface area contributed by atoms with Crippen molar-refractivity contribution in [3.05, 3.63) is 87.4 Å². The number of benzene rings is 2. The van der Waals surface area contributed by atoms with Crippen LogP contribution in [0.25, 0.3) is 22.4 Å². The molecule has 0 aliphatic carbocycles. The van der Waals surface area contributed by atoms with Gasteiger partial charge in [0, 0.05) is 30.0 Å². The zero-order valence-electron chi connectivity index (χ0n) is 16.7. The molecular weight excluding hydrogens is 474 g/mol. The van der Waals surface area contributed by atoms with Gasteiger partial charge in [-0.05, 0) is 47.5 Å². The number of hydrogen-bond donors (Lipinski definition) is 1. The number of pyridine rings is 1. The summed E-state index contributed by atoms with van der Waals surface area (Å²) in [7, 11) is 1.73. The summed E-state index contributed by atoms with van der Waals surface area (Å²) in [6, 6.07) is 12.8. The van der Waals surface area contributed by atoms with Gasteiger partial charge in [0.2, 0.25) is 5.91 Å². The Morgan fingerprint density at radius 3 is 2.41 bits per heavy atom. The summed E-state index contributed by atoms with van der Waals surface area (Å²) in [5.41, 5.74) is 3.38. The molecule has 1 amide bonds. The van der Waals surface area contributed by atoms with Crippen molar-refractivity contribution in [1.82, 2.24) is 14.8 Å². The zero-order valence-corrected chi connectivity index (χ0v) is 19.0. The predicted octanol–water partition coefficient (Wildman–Crippen LogP) is 6.43. The molecule has 4 rings (SSSR count). The van der Waals surface area contributed by atoms with Crippen LogP contribution in [0.15, 0.2) is 60.9 Å². The molecule has 32 heavy (non-hydrogen) atoms. The molecule has 9 heteroatoms. The molecule has 0 aliphatic rings. The minimum atomic E-state index is -0.461. The number of anilines is 1. The smallest absolute Gasteiger partial charge is 0.230 e. The molecule has 0 saturated heterocycles. The van der Waals surface area contributed by atoms with Crippen molar-refractivity contribution in [3.63, 3.8) is 0 Å². The average Bonchev–Trinajstić information content (AvgIpc) is 3.08. The molecule has 2 aromatic heterocycles. The number of halogens is 4. The summed E-state index contributed by atoms with van der Waals surface area (Å²) in [6.45, 7) is 0. The van der Waals surface area contributed by atoms with E-state index in [1.807, 2.05) is 18.2 Å². The number of carbonyl (C=O) groups is 1. The van der Waals surface area contributed by atoms with Gasteiger partial charge in [0.15, 0.2) is 0 Å². The lowest BCUT2D eigenvalue weighted by atomic mass is 10.0. The number of aryl methyl sites for hydroxylation is 1. The lowest BCUT2D eigenvalue weighted by Crippen LogP contribution is -2.17. The van der Waals surface area contributed by atoms with Crippen LogP contribution in [0.4, 0.5) is 10.2 Å². The fourth-order valence-electron chi connectivity index (χ4n) is 3.32.